The van der Waals surface area contributed by atoms with Gasteiger partial charge in [-0.2, -0.15) is 0 Å². The second-order valence-electron chi connectivity index (χ2n) is 5.96. The van der Waals surface area contributed by atoms with E-state index in [0.717, 1.165) is 50.6 Å². The van der Waals surface area contributed by atoms with E-state index >= 15 is 0 Å². The Kier molecular flexibility index (Phi) is 7.42. The lowest BCUT2D eigenvalue weighted by molar-refractivity contribution is -0.116. The SMILES string of the molecule is Cc1ccc(NC(=O)CN(C)C(=S)NCCN2CCOCC2)cc1. The van der Waals surface area contributed by atoms with Gasteiger partial charge in [-0.3, -0.25) is 9.69 Å². The number of morpholine rings is 1. The zero-order chi connectivity index (χ0) is 17.4. The molecule has 0 spiro atoms. The third-order valence-corrected chi connectivity index (χ3v) is 4.33. The van der Waals surface area contributed by atoms with Crippen LogP contribution < -0.4 is 10.6 Å². The normalized spacial score (nSPS) is 14.9. The molecule has 132 valence electrons. The molecule has 0 unspecified atom stereocenters. The molecule has 1 amide bonds. The highest BCUT2D eigenvalue weighted by Gasteiger charge is 2.12. The summed E-state index contributed by atoms with van der Waals surface area (Å²) in [5, 5.41) is 6.66. The van der Waals surface area contributed by atoms with Gasteiger partial charge in [0.1, 0.15) is 0 Å². The van der Waals surface area contributed by atoms with Gasteiger partial charge in [0.2, 0.25) is 5.91 Å². The Bertz CT molecular complexity index is 544. The van der Waals surface area contributed by atoms with Crippen LogP contribution in [-0.2, 0) is 9.53 Å². The number of ether oxygens (including phenoxy) is 1. The molecule has 1 aliphatic heterocycles. The first-order valence-corrected chi connectivity index (χ1v) is 8.61. The second-order valence-corrected chi connectivity index (χ2v) is 6.34. The number of carbonyl (C=O) groups is 1. The van der Waals surface area contributed by atoms with E-state index < -0.39 is 0 Å². The Morgan fingerprint density at radius 3 is 2.62 bits per heavy atom. The number of nitrogens with one attached hydrogen (secondary N) is 2. The zero-order valence-electron chi connectivity index (χ0n) is 14.4. The molecule has 0 aliphatic carbocycles. The van der Waals surface area contributed by atoms with E-state index in [1.54, 1.807) is 4.90 Å². The van der Waals surface area contributed by atoms with Crippen LogP contribution in [-0.4, -0.2) is 73.8 Å². The first kappa shape index (κ1) is 18.6. The number of aryl methyl sites for hydroxylation is 1. The predicted octanol–water partition coefficient (Wildman–Crippen LogP) is 1.07. The molecule has 0 aromatic heterocycles. The van der Waals surface area contributed by atoms with Gasteiger partial charge in [-0.15, -0.1) is 0 Å². The number of hydrogen-bond acceptors (Lipinski definition) is 4. The van der Waals surface area contributed by atoms with Gasteiger partial charge in [0, 0.05) is 38.9 Å². The fourth-order valence-corrected chi connectivity index (χ4v) is 2.57. The van der Waals surface area contributed by atoms with E-state index in [-0.39, 0.29) is 12.5 Å². The fourth-order valence-electron chi connectivity index (χ4n) is 2.41. The summed E-state index contributed by atoms with van der Waals surface area (Å²) < 4.78 is 5.32. The summed E-state index contributed by atoms with van der Waals surface area (Å²) in [4.78, 5) is 16.2. The maximum Gasteiger partial charge on any atom is 0.243 e. The van der Waals surface area contributed by atoms with E-state index in [1.807, 2.05) is 38.2 Å². The number of likely N-dealkylation sites (N-methyl/N-ethyl adjacent to an activating group) is 1. The number of rotatable bonds is 6. The van der Waals surface area contributed by atoms with Crippen molar-refractivity contribution in [1.82, 2.24) is 15.1 Å². The highest BCUT2D eigenvalue weighted by molar-refractivity contribution is 7.80. The average Bonchev–Trinajstić information content (AvgIpc) is 2.57. The molecule has 0 atom stereocenters. The summed E-state index contributed by atoms with van der Waals surface area (Å²) in [7, 11) is 1.82. The Morgan fingerprint density at radius 2 is 1.96 bits per heavy atom. The molecular weight excluding hydrogens is 324 g/mol. The second kappa shape index (κ2) is 9.56. The van der Waals surface area contributed by atoms with Crippen LogP contribution in [0.2, 0.25) is 0 Å². The van der Waals surface area contributed by atoms with Crippen LogP contribution in [0.3, 0.4) is 0 Å². The van der Waals surface area contributed by atoms with E-state index in [9.17, 15) is 4.79 Å². The van der Waals surface area contributed by atoms with Gasteiger partial charge < -0.3 is 20.3 Å². The third-order valence-electron chi connectivity index (χ3n) is 3.87. The Balaban J connectivity index is 1.66. The number of benzene rings is 1. The molecular formula is C17H26N4O2S. The Morgan fingerprint density at radius 1 is 1.29 bits per heavy atom. The minimum Gasteiger partial charge on any atom is -0.379 e. The maximum absolute atomic E-state index is 12.1. The van der Waals surface area contributed by atoms with Crippen molar-refractivity contribution in [2.75, 3.05) is 58.3 Å². The Labute approximate surface area is 149 Å². The monoisotopic (exact) mass is 350 g/mol. The highest BCUT2D eigenvalue weighted by atomic mass is 32.1. The van der Waals surface area contributed by atoms with E-state index in [2.05, 4.69) is 15.5 Å². The van der Waals surface area contributed by atoms with Gasteiger partial charge in [0.15, 0.2) is 5.11 Å². The number of carbonyl (C=O) groups excluding carboxylic acids is 1. The molecule has 1 heterocycles. The topological polar surface area (TPSA) is 56.8 Å². The maximum atomic E-state index is 12.1. The van der Waals surface area contributed by atoms with Crippen LogP contribution in [0.1, 0.15) is 5.56 Å². The van der Waals surface area contributed by atoms with Crippen LogP contribution in [0.4, 0.5) is 5.69 Å². The van der Waals surface area contributed by atoms with Crippen LogP contribution in [0.5, 0.6) is 0 Å². The van der Waals surface area contributed by atoms with E-state index in [4.69, 9.17) is 17.0 Å². The third kappa shape index (κ3) is 6.43. The summed E-state index contributed by atoms with van der Waals surface area (Å²) in [6, 6.07) is 7.73. The van der Waals surface area contributed by atoms with Crippen LogP contribution in [0, 0.1) is 6.92 Å². The van der Waals surface area contributed by atoms with Crippen LogP contribution in [0.15, 0.2) is 24.3 Å². The zero-order valence-corrected chi connectivity index (χ0v) is 15.2. The molecule has 0 radical (unpaired) electrons. The standard InChI is InChI=1S/C17H26N4O2S/c1-14-3-5-15(6-4-14)19-16(22)13-20(2)17(24)18-7-8-21-9-11-23-12-10-21/h3-6H,7-13H2,1-2H3,(H,18,24)(H,19,22). The lowest BCUT2D eigenvalue weighted by Crippen LogP contribution is -2.45. The number of amides is 1. The molecule has 24 heavy (non-hydrogen) atoms. The van der Waals surface area contributed by atoms with Crippen molar-refractivity contribution >= 4 is 28.9 Å². The number of thiocarbonyl (C=S) groups is 1. The summed E-state index contributed by atoms with van der Waals surface area (Å²) >= 11 is 5.34. The quantitative estimate of drug-likeness (QED) is 0.749. The van der Waals surface area contributed by atoms with Crippen LogP contribution in [0.25, 0.3) is 0 Å². The van der Waals surface area contributed by atoms with Gasteiger partial charge in [-0.05, 0) is 31.3 Å². The smallest absolute Gasteiger partial charge is 0.243 e. The summed E-state index contributed by atoms with van der Waals surface area (Å²) in [6.07, 6.45) is 0. The van der Waals surface area contributed by atoms with Crippen molar-refractivity contribution in [2.45, 2.75) is 6.92 Å². The summed E-state index contributed by atoms with van der Waals surface area (Å²) in [6.45, 7) is 7.44. The fraction of sp³-hybridized carbons (Fsp3) is 0.529. The molecule has 0 bridgehead atoms. The molecule has 2 N–H and O–H groups in total. The predicted molar refractivity (Wildman–Crippen MR) is 100 cm³/mol. The summed E-state index contributed by atoms with van der Waals surface area (Å²) in [5.74, 6) is -0.0846. The summed E-state index contributed by atoms with van der Waals surface area (Å²) in [5.41, 5.74) is 1.96. The molecule has 7 heteroatoms. The molecule has 1 aromatic rings. The van der Waals surface area contributed by atoms with Crippen molar-refractivity contribution in [3.8, 4) is 0 Å². The lowest BCUT2D eigenvalue weighted by Gasteiger charge is -2.27. The van der Waals surface area contributed by atoms with Crippen molar-refractivity contribution < 1.29 is 9.53 Å². The van der Waals surface area contributed by atoms with Crippen molar-refractivity contribution in [2.24, 2.45) is 0 Å². The van der Waals surface area contributed by atoms with Gasteiger partial charge in [-0.1, -0.05) is 17.7 Å². The van der Waals surface area contributed by atoms with Crippen molar-refractivity contribution in [3.05, 3.63) is 29.8 Å². The number of hydrogen-bond donors (Lipinski definition) is 2. The molecule has 0 saturated carbocycles. The van der Waals surface area contributed by atoms with Crippen LogP contribution >= 0.6 is 12.2 Å². The minimum absolute atomic E-state index is 0.0846. The largest absolute Gasteiger partial charge is 0.379 e. The van der Waals surface area contributed by atoms with E-state index in [1.165, 1.54) is 0 Å². The first-order valence-electron chi connectivity index (χ1n) is 8.20. The molecule has 1 saturated heterocycles. The van der Waals surface area contributed by atoms with E-state index in [0.29, 0.717) is 5.11 Å². The number of nitrogens with zero attached hydrogens (tertiary/aromatic N) is 2. The molecule has 1 fully saturated rings. The van der Waals surface area contributed by atoms with Gasteiger partial charge in [-0.25, -0.2) is 0 Å². The minimum atomic E-state index is -0.0846. The first-order chi connectivity index (χ1) is 11.5. The highest BCUT2D eigenvalue weighted by Crippen LogP contribution is 2.08. The van der Waals surface area contributed by atoms with Crippen molar-refractivity contribution in [1.29, 1.82) is 0 Å². The molecule has 1 aromatic carbocycles. The molecule has 6 nitrogen and oxygen atoms in total. The van der Waals surface area contributed by atoms with Gasteiger partial charge in [0.25, 0.3) is 0 Å². The molecule has 2 rings (SSSR count). The van der Waals surface area contributed by atoms with Gasteiger partial charge in [0.05, 0.1) is 19.8 Å². The van der Waals surface area contributed by atoms with Gasteiger partial charge >= 0.3 is 0 Å². The molecule has 1 aliphatic rings. The lowest BCUT2D eigenvalue weighted by atomic mass is 10.2. The Hall–Kier alpha value is -1.70. The van der Waals surface area contributed by atoms with Crippen molar-refractivity contribution in [3.63, 3.8) is 0 Å². The average molecular weight is 350 g/mol. The number of anilines is 1.